The van der Waals surface area contributed by atoms with Crippen molar-refractivity contribution in [1.29, 1.82) is 0 Å². The predicted octanol–water partition coefficient (Wildman–Crippen LogP) is 5.67. The van der Waals surface area contributed by atoms with Crippen LogP contribution in [0.1, 0.15) is 43.2 Å². The number of anilines is 3. The molecule has 2 aromatic carbocycles. The number of aryl methyl sites for hydroxylation is 1. The molecule has 1 heterocycles. The van der Waals surface area contributed by atoms with E-state index < -0.39 is 6.09 Å². The summed E-state index contributed by atoms with van der Waals surface area (Å²) in [5.41, 5.74) is 3.14. The largest absolute Gasteiger partial charge is 0.444 e. The number of hydrogen-bond acceptors (Lipinski definition) is 5. The SMILES string of the molecule is Cc1ccc(NC(=O)CCCCCC(=O)Nc2ncccc2NC(=O)OCc2ccccc2)cc1. The molecule has 182 valence electrons. The van der Waals surface area contributed by atoms with Gasteiger partial charge < -0.3 is 15.4 Å². The fraction of sp³-hybridized carbons (Fsp3) is 0.259. The summed E-state index contributed by atoms with van der Waals surface area (Å²) in [6, 6.07) is 20.3. The molecule has 8 nitrogen and oxygen atoms in total. The van der Waals surface area contributed by atoms with Crippen LogP contribution in [-0.4, -0.2) is 22.9 Å². The van der Waals surface area contributed by atoms with Crippen molar-refractivity contribution in [2.75, 3.05) is 16.0 Å². The lowest BCUT2D eigenvalue weighted by Crippen LogP contribution is -2.18. The van der Waals surface area contributed by atoms with Gasteiger partial charge in [0.05, 0.1) is 5.69 Å². The molecule has 0 spiro atoms. The third kappa shape index (κ3) is 9.29. The first-order valence-corrected chi connectivity index (χ1v) is 11.6. The number of rotatable bonds is 11. The lowest BCUT2D eigenvalue weighted by atomic mass is 10.1. The summed E-state index contributed by atoms with van der Waals surface area (Å²) in [7, 11) is 0. The zero-order valence-electron chi connectivity index (χ0n) is 19.8. The van der Waals surface area contributed by atoms with Gasteiger partial charge in [0.2, 0.25) is 11.8 Å². The van der Waals surface area contributed by atoms with Crippen LogP contribution >= 0.6 is 0 Å². The van der Waals surface area contributed by atoms with Crippen LogP contribution in [0.4, 0.5) is 22.0 Å². The lowest BCUT2D eigenvalue weighted by molar-refractivity contribution is -0.116. The highest BCUT2D eigenvalue weighted by molar-refractivity contribution is 5.96. The number of ether oxygens (including phenoxy) is 1. The molecule has 0 atom stereocenters. The number of nitrogens with zero attached hydrogens (tertiary/aromatic N) is 1. The molecule has 3 rings (SSSR count). The Labute approximate surface area is 205 Å². The Hall–Kier alpha value is -4.20. The highest BCUT2D eigenvalue weighted by Crippen LogP contribution is 2.19. The molecule has 0 fully saturated rings. The van der Waals surface area contributed by atoms with Gasteiger partial charge in [-0.2, -0.15) is 0 Å². The minimum atomic E-state index is -0.638. The van der Waals surface area contributed by atoms with E-state index >= 15 is 0 Å². The fourth-order valence-corrected chi connectivity index (χ4v) is 3.28. The van der Waals surface area contributed by atoms with Crippen molar-refractivity contribution in [3.8, 4) is 0 Å². The standard InChI is InChI=1S/C27H30N4O4/c1-20-14-16-22(17-15-20)29-24(32)12-6-3-7-13-25(33)31-26-23(11-8-18-28-26)30-27(34)35-19-21-9-4-2-5-10-21/h2,4-5,8-11,14-18H,3,6-7,12-13,19H2,1H3,(H,29,32)(H,30,34)(H,28,31,33). The first-order valence-electron chi connectivity index (χ1n) is 11.6. The first kappa shape index (κ1) is 25.4. The number of amides is 3. The number of hydrogen-bond donors (Lipinski definition) is 3. The molecule has 0 aliphatic rings. The third-order valence-corrected chi connectivity index (χ3v) is 5.16. The second-order valence-corrected chi connectivity index (χ2v) is 8.11. The minimum Gasteiger partial charge on any atom is -0.444 e. The minimum absolute atomic E-state index is 0.0401. The Morgan fingerprint density at radius 1 is 0.771 bits per heavy atom. The predicted molar refractivity (Wildman–Crippen MR) is 136 cm³/mol. The number of benzene rings is 2. The van der Waals surface area contributed by atoms with Crippen LogP contribution in [0, 0.1) is 6.92 Å². The molecular formula is C27H30N4O4. The van der Waals surface area contributed by atoms with Gasteiger partial charge in [0.1, 0.15) is 6.61 Å². The van der Waals surface area contributed by atoms with E-state index in [9.17, 15) is 14.4 Å². The van der Waals surface area contributed by atoms with Crippen LogP contribution in [0.5, 0.6) is 0 Å². The van der Waals surface area contributed by atoms with E-state index in [4.69, 9.17) is 4.74 Å². The summed E-state index contributed by atoms with van der Waals surface area (Å²) in [6.45, 7) is 2.13. The Morgan fingerprint density at radius 2 is 1.46 bits per heavy atom. The molecule has 0 radical (unpaired) electrons. The molecule has 3 amide bonds. The third-order valence-electron chi connectivity index (χ3n) is 5.16. The Kier molecular flexibility index (Phi) is 9.80. The van der Waals surface area contributed by atoms with E-state index in [0.717, 1.165) is 23.2 Å². The monoisotopic (exact) mass is 474 g/mol. The average Bonchev–Trinajstić information content (AvgIpc) is 2.86. The maximum absolute atomic E-state index is 12.4. The summed E-state index contributed by atoms with van der Waals surface area (Å²) in [5, 5.41) is 8.21. The number of aromatic nitrogens is 1. The number of carbonyl (C=O) groups is 3. The Morgan fingerprint density at radius 3 is 2.17 bits per heavy atom. The fourth-order valence-electron chi connectivity index (χ4n) is 3.28. The summed E-state index contributed by atoms with van der Waals surface area (Å²) in [4.78, 5) is 40.7. The van der Waals surface area contributed by atoms with Gasteiger partial charge in [0, 0.05) is 24.7 Å². The van der Waals surface area contributed by atoms with Crippen molar-refractivity contribution in [3.63, 3.8) is 0 Å². The highest BCUT2D eigenvalue weighted by atomic mass is 16.5. The van der Waals surface area contributed by atoms with Crippen LogP contribution in [0.2, 0.25) is 0 Å². The molecule has 3 N–H and O–H groups in total. The van der Waals surface area contributed by atoms with Crippen molar-refractivity contribution in [1.82, 2.24) is 4.98 Å². The second kappa shape index (κ2) is 13.5. The molecule has 0 aliphatic heterocycles. The van der Waals surface area contributed by atoms with Crippen LogP contribution in [0.25, 0.3) is 0 Å². The molecule has 3 aromatic rings. The van der Waals surface area contributed by atoms with E-state index in [0.29, 0.717) is 24.9 Å². The van der Waals surface area contributed by atoms with Gasteiger partial charge >= 0.3 is 6.09 Å². The van der Waals surface area contributed by atoms with Gasteiger partial charge in [-0.05, 0) is 49.6 Å². The van der Waals surface area contributed by atoms with Gasteiger partial charge in [0.15, 0.2) is 5.82 Å². The normalized spacial score (nSPS) is 10.3. The molecule has 8 heteroatoms. The molecular weight excluding hydrogens is 444 g/mol. The van der Waals surface area contributed by atoms with E-state index in [1.807, 2.05) is 61.5 Å². The number of carbonyl (C=O) groups excluding carboxylic acids is 3. The zero-order chi connectivity index (χ0) is 24.9. The summed E-state index contributed by atoms with van der Waals surface area (Å²) in [5.74, 6) is 0.00167. The smallest absolute Gasteiger partial charge is 0.412 e. The van der Waals surface area contributed by atoms with E-state index in [1.54, 1.807) is 12.1 Å². The van der Waals surface area contributed by atoms with Crippen molar-refractivity contribution >= 4 is 35.1 Å². The van der Waals surface area contributed by atoms with E-state index in [2.05, 4.69) is 20.9 Å². The average molecular weight is 475 g/mol. The maximum Gasteiger partial charge on any atom is 0.412 e. The van der Waals surface area contributed by atoms with Crippen molar-refractivity contribution in [2.24, 2.45) is 0 Å². The molecule has 35 heavy (non-hydrogen) atoms. The molecule has 0 saturated heterocycles. The molecule has 0 bridgehead atoms. The quantitative estimate of drug-likeness (QED) is 0.310. The number of pyridine rings is 1. The summed E-state index contributed by atoms with van der Waals surface area (Å²) in [6.07, 6.45) is 3.65. The number of unbranched alkanes of at least 4 members (excludes halogenated alkanes) is 2. The molecule has 0 unspecified atom stereocenters. The van der Waals surface area contributed by atoms with Gasteiger partial charge in [-0.15, -0.1) is 0 Å². The van der Waals surface area contributed by atoms with E-state index in [1.165, 1.54) is 6.20 Å². The maximum atomic E-state index is 12.4. The van der Waals surface area contributed by atoms with Gasteiger partial charge in [-0.1, -0.05) is 54.4 Å². The van der Waals surface area contributed by atoms with Crippen molar-refractivity contribution in [3.05, 3.63) is 84.1 Å². The van der Waals surface area contributed by atoms with E-state index in [-0.39, 0.29) is 30.7 Å². The molecule has 0 aliphatic carbocycles. The van der Waals surface area contributed by atoms with Crippen LogP contribution in [0.3, 0.4) is 0 Å². The van der Waals surface area contributed by atoms with Gasteiger partial charge in [-0.25, -0.2) is 9.78 Å². The van der Waals surface area contributed by atoms with Crippen molar-refractivity contribution < 1.29 is 19.1 Å². The van der Waals surface area contributed by atoms with Crippen molar-refractivity contribution in [2.45, 2.75) is 45.6 Å². The Bertz CT molecular complexity index is 1120. The Balaban J connectivity index is 1.35. The number of nitrogens with one attached hydrogen (secondary N) is 3. The van der Waals surface area contributed by atoms with Gasteiger partial charge in [-0.3, -0.25) is 14.9 Å². The highest BCUT2D eigenvalue weighted by Gasteiger charge is 2.12. The zero-order valence-corrected chi connectivity index (χ0v) is 19.8. The molecule has 0 saturated carbocycles. The second-order valence-electron chi connectivity index (χ2n) is 8.11. The summed E-state index contributed by atoms with van der Waals surface area (Å²) < 4.78 is 5.22. The van der Waals surface area contributed by atoms with Crippen LogP contribution in [-0.2, 0) is 20.9 Å². The lowest BCUT2D eigenvalue weighted by Gasteiger charge is -2.11. The van der Waals surface area contributed by atoms with Crippen LogP contribution in [0.15, 0.2) is 72.9 Å². The topological polar surface area (TPSA) is 109 Å². The molecule has 1 aromatic heterocycles. The van der Waals surface area contributed by atoms with Crippen LogP contribution < -0.4 is 16.0 Å². The van der Waals surface area contributed by atoms with Gasteiger partial charge in [0.25, 0.3) is 0 Å². The summed E-state index contributed by atoms with van der Waals surface area (Å²) >= 11 is 0. The first-order chi connectivity index (χ1) is 17.0.